The van der Waals surface area contributed by atoms with Crippen LogP contribution in [0.25, 0.3) is 5.82 Å². The van der Waals surface area contributed by atoms with Gasteiger partial charge in [-0.1, -0.05) is 11.6 Å². The monoisotopic (exact) mass is 258 g/mol. The highest BCUT2D eigenvalue weighted by Gasteiger charge is 2.04. The van der Waals surface area contributed by atoms with Crippen molar-refractivity contribution in [3.8, 4) is 5.82 Å². The SMILES string of the molecule is Clc1cccnc1-n1cnc(Br)n1. The van der Waals surface area contributed by atoms with Crippen molar-refractivity contribution < 1.29 is 0 Å². The fourth-order valence-electron chi connectivity index (χ4n) is 0.891. The van der Waals surface area contributed by atoms with Crippen molar-refractivity contribution in [2.24, 2.45) is 0 Å². The van der Waals surface area contributed by atoms with Gasteiger partial charge in [-0.05, 0) is 28.1 Å². The van der Waals surface area contributed by atoms with Gasteiger partial charge in [0.05, 0.1) is 5.02 Å². The number of aromatic nitrogens is 4. The number of pyridine rings is 1. The third kappa shape index (κ3) is 1.71. The second-order valence-electron chi connectivity index (χ2n) is 2.27. The Hall–Kier alpha value is -0.940. The smallest absolute Gasteiger partial charge is 0.217 e. The molecule has 0 amide bonds. The molecular weight excluding hydrogens is 255 g/mol. The first kappa shape index (κ1) is 8.65. The standard InChI is InChI=1S/C7H4BrClN4/c8-7-11-4-13(12-7)6-5(9)2-1-3-10-6/h1-4H. The van der Waals surface area contributed by atoms with Crippen molar-refractivity contribution in [2.45, 2.75) is 0 Å². The van der Waals surface area contributed by atoms with Crippen LogP contribution >= 0.6 is 27.5 Å². The third-order valence-electron chi connectivity index (χ3n) is 1.42. The van der Waals surface area contributed by atoms with Gasteiger partial charge < -0.3 is 0 Å². The molecule has 2 rings (SSSR count). The van der Waals surface area contributed by atoms with Gasteiger partial charge in [0.15, 0.2) is 5.82 Å². The van der Waals surface area contributed by atoms with E-state index < -0.39 is 0 Å². The van der Waals surface area contributed by atoms with Crippen molar-refractivity contribution in [3.63, 3.8) is 0 Å². The van der Waals surface area contributed by atoms with E-state index in [1.54, 1.807) is 18.3 Å². The molecule has 66 valence electrons. The van der Waals surface area contributed by atoms with Crippen molar-refractivity contribution in [3.05, 3.63) is 34.4 Å². The maximum atomic E-state index is 5.90. The van der Waals surface area contributed by atoms with Crippen LogP contribution in [0.5, 0.6) is 0 Å². The second-order valence-corrected chi connectivity index (χ2v) is 3.38. The van der Waals surface area contributed by atoms with E-state index in [2.05, 4.69) is 31.0 Å². The molecule has 2 aromatic rings. The topological polar surface area (TPSA) is 43.6 Å². The van der Waals surface area contributed by atoms with Crippen LogP contribution in [-0.2, 0) is 0 Å². The average Bonchev–Trinajstić information content (AvgIpc) is 2.53. The summed E-state index contributed by atoms with van der Waals surface area (Å²) >= 11 is 9.04. The fourth-order valence-corrected chi connectivity index (χ4v) is 1.36. The highest BCUT2D eigenvalue weighted by molar-refractivity contribution is 9.10. The largest absolute Gasteiger partial charge is 0.236 e. The first-order chi connectivity index (χ1) is 6.27. The Morgan fingerprint density at radius 1 is 1.38 bits per heavy atom. The predicted molar refractivity (Wildman–Crippen MR) is 51.9 cm³/mol. The maximum Gasteiger partial charge on any atom is 0.217 e. The summed E-state index contributed by atoms with van der Waals surface area (Å²) in [4.78, 5) is 7.97. The minimum atomic E-state index is 0.509. The zero-order chi connectivity index (χ0) is 9.26. The lowest BCUT2D eigenvalue weighted by Crippen LogP contribution is -1.98. The Morgan fingerprint density at radius 3 is 2.85 bits per heavy atom. The third-order valence-corrected chi connectivity index (χ3v) is 2.08. The quantitative estimate of drug-likeness (QED) is 0.787. The molecule has 0 fully saturated rings. The minimum absolute atomic E-state index is 0.509. The summed E-state index contributed by atoms with van der Waals surface area (Å²) in [7, 11) is 0. The van der Waals surface area contributed by atoms with Crippen LogP contribution in [0, 0.1) is 0 Å². The van der Waals surface area contributed by atoms with Crippen LogP contribution in [0.2, 0.25) is 5.02 Å². The van der Waals surface area contributed by atoms with E-state index in [0.29, 0.717) is 15.6 Å². The van der Waals surface area contributed by atoms with E-state index >= 15 is 0 Å². The lowest BCUT2D eigenvalue weighted by molar-refractivity contribution is 0.838. The molecule has 0 aliphatic carbocycles. The summed E-state index contributed by atoms with van der Waals surface area (Å²) in [5.41, 5.74) is 0. The molecule has 0 N–H and O–H groups in total. The minimum Gasteiger partial charge on any atom is -0.236 e. The lowest BCUT2D eigenvalue weighted by Gasteiger charge is -1.99. The molecule has 13 heavy (non-hydrogen) atoms. The zero-order valence-corrected chi connectivity index (χ0v) is 8.70. The molecule has 0 aliphatic rings. The van der Waals surface area contributed by atoms with Gasteiger partial charge in [0.2, 0.25) is 4.73 Å². The molecule has 0 unspecified atom stereocenters. The van der Waals surface area contributed by atoms with E-state index in [4.69, 9.17) is 11.6 Å². The maximum absolute atomic E-state index is 5.90. The van der Waals surface area contributed by atoms with Gasteiger partial charge in [-0.2, -0.15) is 0 Å². The van der Waals surface area contributed by atoms with Crippen molar-refractivity contribution in [1.82, 2.24) is 19.7 Å². The van der Waals surface area contributed by atoms with Gasteiger partial charge in [-0.25, -0.2) is 14.6 Å². The second kappa shape index (κ2) is 3.43. The van der Waals surface area contributed by atoms with Gasteiger partial charge in [0, 0.05) is 6.20 Å². The molecule has 0 aromatic carbocycles. The molecule has 4 nitrogen and oxygen atoms in total. The van der Waals surface area contributed by atoms with Crippen LogP contribution in [0.1, 0.15) is 0 Å². The molecule has 0 bridgehead atoms. The van der Waals surface area contributed by atoms with E-state index in [1.807, 2.05) is 0 Å². The first-order valence-corrected chi connectivity index (χ1v) is 4.62. The van der Waals surface area contributed by atoms with Crippen molar-refractivity contribution >= 4 is 27.5 Å². The van der Waals surface area contributed by atoms with E-state index in [0.717, 1.165) is 0 Å². The highest BCUT2D eigenvalue weighted by Crippen LogP contribution is 2.16. The van der Waals surface area contributed by atoms with E-state index in [9.17, 15) is 0 Å². The molecule has 0 radical (unpaired) electrons. The normalized spacial score (nSPS) is 10.3. The molecule has 6 heteroatoms. The number of hydrogen-bond donors (Lipinski definition) is 0. The Bertz CT molecular complexity index is 428. The van der Waals surface area contributed by atoms with Crippen LogP contribution in [0.3, 0.4) is 0 Å². The highest BCUT2D eigenvalue weighted by atomic mass is 79.9. The van der Waals surface area contributed by atoms with Crippen LogP contribution in [-0.4, -0.2) is 19.7 Å². The average molecular weight is 259 g/mol. The molecule has 2 aromatic heterocycles. The van der Waals surface area contributed by atoms with Gasteiger partial charge in [-0.15, -0.1) is 5.10 Å². The Morgan fingerprint density at radius 2 is 2.23 bits per heavy atom. The number of hydrogen-bond acceptors (Lipinski definition) is 3. The summed E-state index contributed by atoms with van der Waals surface area (Å²) in [5, 5.41) is 4.56. The van der Waals surface area contributed by atoms with Crippen LogP contribution < -0.4 is 0 Å². The molecule has 0 saturated heterocycles. The van der Waals surface area contributed by atoms with Crippen LogP contribution in [0.4, 0.5) is 0 Å². The number of halogens is 2. The summed E-state index contributed by atoms with van der Waals surface area (Å²) in [6.07, 6.45) is 3.19. The fraction of sp³-hybridized carbons (Fsp3) is 0. The molecule has 0 spiro atoms. The van der Waals surface area contributed by atoms with Gasteiger partial charge >= 0.3 is 0 Å². The number of nitrogens with zero attached hydrogens (tertiary/aromatic N) is 4. The molecule has 0 atom stereocenters. The van der Waals surface area contributed by atoms with E-state index in [-0.39, 0.29) is 0 Å². The Kier molecular flexibility index (Phi) is 2.28. The molecule has 0 aliphatic heterocycles. The zero-order valence-electron chi connectivity index (χ0n) is 6.35. The summed E-state index contributed by atoms with van der Waals surface area (Å²) < 4.78 is 2.01. The molecular formula is C7H4BrClN4. The van der Waals surface area contributed by atoms with Crippen molar-refractivity contribution in [1.29, 1.82) is 0 Å². The predicted octanol–water partition coefficient (Wildman–Crippen LogP) is 2.08. The van der Waals surface area contributed by atoms with Gasteiger partial charge in [0.1, 0.15) is 6.33 Å². The first-order valence-electron chi connectivity index (χ1n) is 3.45. The summed E-state index contributed by atoms with van der Waals surface area (Å²) in [5.74, 6) is 0.572. The van der Waals surface area contributed by atoms with E-state index in [1.165, 1.54) is 11.0 Å². The van der Waals surface area contributed by atoms with Gasteiger partial charge in [-0.3, -0.25) is 0 Å². The molecule has 0 saturated carbocycles. The Balaban J connectivity index is 2.52. The Labute approximate surface area is 87.7 Å². The van der Waals surface area contributed by atoms with Gasteiger partial charge in [0.25, 0.3) is 0 Å². The molecule has 2 heterocycles. The van der Waals surface area contributed by atoms with Crippen LogP contribution in [0.15, 0.2) is 29.4 Å². The number of rotatable bonds is 1. The summed E-state index contributed by atoms with van der Waals surface area (Å²) in [6, 6.07) is 3.51. The lowest BCUT2D eigenvalue weighted by atomic mass is 10.5. The summed E-state index contributed by atoms with van der Waals surface area (Å²) in [6.45, 7) is 0. The van der Waals surface area contributed by atoms with Crippen molar-refractivity contribution in [2.75, 3.05) is 0 Å².